The van der Waals surface area contributed by atoms with E-state index in [4.69, 9.17) is 4.74 Å². The topological polar surface area (TPSA) is 117 Å². The van der Waals surface area contributed by atoms with E-state index in [1.165, 1.54) is 11.5 Å². The first-order valence-corrected chi connectivity index (χ1v) is 15.5. The fourth-order valence-corrected chi connectivity index (χ4v) is 8.26. The summed E-state index contributed by atoms with van der Waals surface area (Å²) >= 11 is 4.71. The van der Waals surface area contributed by atoms with Crippen molar-refractivity contribution in [2.24, 2.45) is 0 Å². The monoisotopic (exact) mass is 600 g/mol. The summed E-state index contributed by atoms with van der Waals surface area (Å²) in [6, 6.07) is 19.9. The van der Waals surface area contributed by atoms with Crippen molar-refractivity contribution in [2.45, 2.75) is 38.2 Å². The standard InChI is InChI=1S/C30H24N4O4S3/c1-15-25(33-29(37)38-16(2)17-6-4-3-5-7-17)26(41-34-15)24-14-23-22(40-24)13-21(39-23)18-8-9-19-20(12-18)32-27(31-19)30(10-11-30)28(35)36/h3-9,12-14,16H,10-11H2,1-2H3,(H,31,32)(H,33,37)(H,35,36). The van der Waals surface area contributed by atoms with Crippen LogP contribution in [0.5, 0.6) is 0 Å². The van der Waals surface area contributed by atoms with Crippen LogP contribution in [0.15, 0.2) is 60.7 Å². The van der Waals surface area contributed by atoms with Gasteiger partial charge in [0.2, 0.25) is 0 Å². The minimum Gasteiger partial charge on any atom is -0.480 e. The third-order valence-corrected chi connectivity index (χ3v) is 10.9. The Hall–Kier alpha value is -4.06. The average Bonchev–Trinajstić information content (AvgIpc) is 3.20. The molecule has 8 nitrogen and oxygen atoms in total. The summed E-state index contributed by atoms with van der Waals surface area (Å²) < 4.78 is 12.4. The van der Waals surface area contributed by atoms with Gasteiger partial charge in [0.25, 0.3) is 0 Å². The first-order chi connectivity index (χ1) is 19.8. The van der Waals surface area contributed by atoms with Gasteiger partial charge in [0.15, 0.2) is 0 Å². The molecular formula is C30H24N4O4S3. The van der Waals surface area contributed by atoms with E-state index >= 15 is 0 Å². The summed E-state index contributed by atoms with van der Waals surface area (Å²) in [6.07, 6.45) is 0.336. The maximum absolute atomic E-state index is 12.8. The number of hydrogen-bond acceptors (Lipinski definition) is 8. The van der Waals surface area contributed by atoms with Gasteiger partial charge in [-0.1, -0.05) is 36.4 Å². The second kappa shape index (κ2) is 9.79. The highest BCUT2D eigenvalue weighted by molar-refractivity contribution is 7.32. The fourth-order valence-electron chi connectivity index (χ4n) is 4.93. The molecule has 0 aliphatic heterocycles. The number of carboxylic acids is 1. The molecule has 4 aromatic heterocycles. The minimum absolute atomic E-state index is 0.378. The van der Waals surface area contributed by atoms with Gasteiger partial charge in [-0.05, 0) is 73.6 Å². The Morgan fingerprint density at radius 2 is 1.78 bits per heavy atom. The van der Waals surface area contributed by atoms with Crippen LogP contribution in [-0.4, -0.2) is 31.5 Å². The zero-order valence-corrected chi connectivity index (χ0v) is 24.5. The highest BCUT2D eigenvalue weighted by atomic mass is 32.1. The van der Waals surface area contributed by atoms with Crippen molar-refractivity contribution in [1.29, 1.82) is 0 Å². The Balaban J connectivity index is 1.12. The van der Waals surface area contributed by atoms with E-state index in [2.05, 4.69) is 31.8 Å². The molecule has 1 atom stereocenters. The van der Waals surface area contributed by atoms with Crippen LogP contribution in [0.25, 0.3) is 40.6 Å². The highest BCUT2D eigenvalue weighted by Crippen LogP contribution is 2.48. The number of aliphatic carboxylic acids is 1. The van der Waals surface area contributed by atoms with Crippen molar-refractivity contribution in [3.8, 4) is 20.2 Å². The Kier molecular flexibility index (Phi) is 6.18. The predicted octanol–water partition coefficient (Wildman–Crippen LogP) is 8.36. The summed E-state index contributed by atoms with van der Waals surface area (Å²) in [5.74, 6) is -0.282. The number of H-pyrrole nitrogens is 1. The van der Waals surface area contributed by atoms with Crippen molar-refractivity contribution >= 4 is 72.4 Å². The number of nitrogens with one attached hydrogen (secondary N) is 2. The maximum atomic E-state index is 12.8. The van der Waals surface area contributed by atoms with Gasteiger partial charge in [0.1, 0.15) is 17.3 Å². The number of carboxylic acid groups (broad SMARTS) is 1. The van der Waals surface area contributed by atoms with Crippen LogP contribution in [0.2, 0.25) is 0 Å². The summed E-state index contributed by atoms with van der Waals surface area (Å²) in [6.45, 7) is 3.73. The fraction of sp³-hybridized carbons (Fsp3) is 0.200. The summed E-state index contributed by atoms with van der Waals surface area (Å²) in [4.78, 5) is 35.4. The van der Waals surface area contributed by atoms with E-state index < -0.39 is 17.5 Å². The quantitative estimate of drug-likeness (QED) is 0.169. The Morgan fingerprint density at radius 1 is 1.05 bits per heavy atom. The molecule has 1 fully saturated rings. The molecule has 41 heavy (non-hydrogen) atoms. The number of anilines is 1. The number of imidazole rings is 1. The number of aryl methyl sites for hydroxylation is 1. The van der Waals surface area contributed by atoms with Gasteiger partial charge < -0.3 is 14.8 Å². The molecule has 1 amide bonds. The molecule has 2 aromatic carbocycles. The van der Waals surface area contributed by atoms with Crippen molar-refractivity contribution in [1.82, 2.24) is 14.3 Å². The molecular weight excluding hydrogens is 577 g/mol. The molecule has 206 valence electrons. The molecule has 1 aliphatic rings. The maximum Gasteiger partial charge on any atom is 0.412 e. The third-order valence-electron chi connectivity index (χ3n) is 7.45. The summed E-state index contributed by atoms with van der Waals surface area (Å²) in [5.41, 5.74) is 4.15. The second-order valence-corrected chi connectivity index (χ2v) is 13.2. The smallest absolute Gasteiger partial charge is 0.412 e. The van der Waals surface area contributed by atoms with Crippen LogP contribution < -0.4 is 5.32 Å². The van der Waals surface area contributed by atoms with E-state index in [0.717, 1.165) is 51.9 Å². The zero-order valence-electron chi connectivity index (χ0n) is 22.1. The van der Waals surface area contributed by atoms with Crippen LogP contribution in [0, 0.1) is 6.92 Å². The molecule has 0 bridgehead atoms. The predicted molar refractivity (Wildman–Crippen MR) is 164 cm³/mol. The van der Waals surface area contributed by atoms with Crippen LogP contribution >= 0.6 is 34.2 Å². The van der Waals surface area contributed by atoms with Gasteiger partial charge >= 0.3 is 12.1 Å². The molecule has 3 N–H and O–H groups in total. The number of aromatic amines is 1. The summed E-state index contributed by atoms with van der Waals surface area (Å²) in [5, 5.41) is 12.6. The van der Waals surface area contributed by atoms with Gasteiger partial charge in [-0.2, -0.15) is 4.37 Å². The van der Waals surface area contributed by atoms with Gasteiger partial charge in [0.05, 0.1) is 32.2 Å². The lowest BCUT2D eigenvalue weighted by atomic mass is 10.1. The van der Waals surface area contributed by atoms with Crippen LogP contribution in [0.3, 0.4) is 0 Å². The van der Waals surface area contributed by atoms with Crippen molar-refractivity contribution in [3.05, 3.63) is 77.7 Å². The number of thiophene rings is 2. The molecule has 1 saturated carbocycles. The second-order valence-electron chi connectivity index (χ2n) is 10.2. The Morgan fingerprint density at radius 3 is 2.51 bits per heavy atom. The first-order valence-electron chi connectivity index (χ1n) is 13.1. The number of benzene rings is 2. The molecule has 1 aliphatic carbocycles. The number of carbonyl (C=O) groups excluding carboxylic acids is 1. The number of carbonyl (C=O) groups is 2. The molecule has 0 radical (unpaired) electrons. The number of nitrogens with zero attached hydrogens (tertiary/aromatic N) is 2. The van der Waals surface area contributed by atoms with Crippen LogP contribution in [0.4, 0.5) is 10.5 Å². The number of aromatic nitrogens is 3. The van der Waals surface area contributed by atoms with Gasteiger partial charge in [-0.15, -0.1) is 22.7 Å². The van der Waals surface area contributed by atoms with Crippen molar-refractivity contribution in [3.63, 3.8) is 0 Å². The molecule has 11 heteroatoms. The highest BCUT2D eigenvalue weighted by Gasteiger charge is 2.54. The largest absolute Gasteiger partial charge is 0.480 e. The average molecular weight is 601 g/mol. The van der Waals surface area contributed by atoms with Crippen molar-refractivity contribution < 1.29 is 19.4 Å². The Bertz CT molecular complexity index is 1920. The van der Waals surface area contributed by atoms with E-state index in [0.29, 0.717) is 24.4 Å². The van der Waals surface area contributed by atoms with Crippen LogP contribution in [0.1, 0.15) is 43.0 Å². The normalized spacial score (nSPS) is 14.8. The molecule has 6 aromatic rings. The lowest BCUT2D eigenvalue weighted by Gasteiger charge is -2.14. The van der Waals surface area contributed by atoms with Gasteiger partial charge in [0, 0.05) is 14.3 Å². The van der Waals surface area contributed by atoms with Gasteiger partial charge in [-0.3, -0.25) is 10.1 Å². The molecule has 0 saturated heterocycles. The first kappa shape index (κ1) is 25.9. The van der Waals surface area contributed by atoms with E-state index in [1.54, 1.807) is 22.7 Å². The SMILES string of the molecule is Cc1nsc(-c2cc3sc(-c4ccc5nc(C6(C(=O)O)CC6)[nH]c5c4)cc3s2)c1NC(=O)OC(C)c1ccccc1. The minimum atomic E-state index is -0.860. The van der Waals surface area contributed by atoms with Crippen molar-refractivity contribution in [2.75, 3.05) is 5.32 Å². The zero-order chi connectivity index (χ0) is 28.3. The molecule has 4 heterocycles. The van der Waals surface area contributed by atoms with E-state index in [9.17, 15) is 14.7 Å². The molecule has 1 unspecified atom stereocenters. The number of fused-ring (bicyclic) bond motifs is 2. The molecule has 0 spiro atoms. The van der Waals surface area contributed by atoms with Gasteiger partial charge in [-0.25, -0.2) is 9.78 Å². The summed E-state index contributed by atoms with van der Waals surface area (Å²) in [7, 11) is 0. The third kappa shape index (κ3) is 4.59. The number of amides is 1. The lowest BCUT2D eigenvalue weighted by Crippen LogP contribution is -2.20. The lowest BCUT2D eigenvalue weighted by molar-refractivity contribution is -0.140. The molecule has 7 rings (SSSR count). The number of hydrogen-bond donors (Lipinski definition) is 3. The Labute approximate surface area is 246 Å². The van der Waals surface area contributed by atoms with Crippen LogP contribution in [-0.2, 0) is 14.9 Å². The number of rotatable bonds is 7. The van der Waals surface area contributed by atoms with E-state index in [-0.39, 0.29) is 6.10 Å². The van der Waals surface area contributed by atoms with E-state index in [1.807, 2.05) is 62.4 Å². The number of ether oxygens (including phenoxy) is 1.